The smallest absolute Gasteiger partial charge is 0.328 e. The Labute approximate surface area is 215 Å². The number of carboxylic acids is 1. The average molecular weight is 526 g/mol. The molecule has 1 aliphatic carbocycles. The fourth-order valence-electron chi connectivity index (χ4n) is 4.42. The van der Waals surface area contributed by atoms with E-state index in [1.54, 1.807) is 24.3 Å². The summed E-state index contributed by atoms with van der Waals surface area (Å²) in [4.78, 5) is 15.4. The molecular weight excluding hydrogens is 507 g/mol. The molecule has 182 valence electrons. The predicted molar refractivity (Wildman–Crippen MR) is 137 cm³/mol. The van der Waals surface area contributed by atoms with Gasteiger partial charge in [0.2, 0.25) is 5.95 Å². The second-order valence-corrected chi connectivity index (χ2v) is 9.43. The fourth-order valence-corrected chi connectivity index (χ4v) is 4.90. The van der Waals surface area contributed by atoms with E-state index in [2.05, 4.69) is 15.2 Å². The van der Waals surface area contributed by atoms with Crippen molar-refractivity contribution in [2.45, 2.75) is 19.3 Å². The molecule has 9 heteroatoms. The van der Waals surface area contributed by atoms with Crippen LogP contribution in [-0.2, 0) is 4.79 Å². The summed E-state index contributed by atoms with van der Waals surface area (Å²) in [5, 5.41) is 16.3. The molecule has 1 fully saturated rings. The van der Waals surface area contributed by atoms with Crippen molar-refractivity contribution in [3.8, 4) is 0 Å². The lowest BCUT2D eigenvalue weighted by Gasteiger charge is -2.31. The standard InChI is InChI=1S/C27H19Cl2F2N3O2/c28-18-12-20(29)26(32-13-18)25(15-2-1-3-15)24(16-6-8-22-19(10-16)27(31)34-33-22)17-5-4-14(21(30)11-17)7-9-23(35)36/h4-13,15H,1-3H2,(H,33,34)(H,35,36)/b9-7?,25-24-. The molecule has 4 aromatic rings. The third-order valence-electron chi connectivity index (χ3n) is 6.35. The van der Waals surface area contributed by atoms with Crippen LogP contribution in [0.5, 0.6) is 0 Å². The minimum absolute atomic E-state index is 0.103. The van der Waals surface area contributed by atoms with Crippen LogP contribution in [0.2, 0.25) is 10.0 Å². The summed E-state index contributed by atoms with van der Waals surface area (Å²) in [6.45, 7) is 0. The Morgan fingerprint density at radius 1 is 1.08 bits per heavy atom. The van der Waals surface area contributed by atoms with Gasteiger partial charge in [-0.05, 0) is 71.4 Å². The van der Waals surface area contributed by atoms with Gasteiger partial charge >= 0.3 is 5.97 Å². The number of pyridine rings is 1. The summed E-state index contributed by atoms with van der Waals surface area (Å²) < 4.78 is 29.5. The summed E-state index contributed by atoms with van der Waals surface area (Å²) in [5.74, 6) is -2.31. The number of aliphatic carboxylic acids is 1. The highest BCUT2D eigenvalue weighted by atomic mass is 35.5. The molecule has 0 saturated heterocycles. The second kappa shape index (κ2) is 9.84. The average Bonchev–Trinajstić information content (AvgIpc) is 3.17. The van der Waals surface area contributed by atoms with Gasteiger partial charge in [0.25, 0.3) is 0 Å². The molecule has 0 atom stereocenters. The first-order chi connectivity index (χ1) is 17.3. The number of fused-ring (bicyclic) bond motifs is 1. The molecule has 0 bridgehead atoms. The number of aromatic amines is 1. The van der Waals surface area contributed by atoms with E-state index in [4.69, 9.17) is 28.3 Å². The first kappa shape index (κ1) is 24.2. The van der Waals surface area contributed by atoms with Crippen molar-refractivity contribution in [1.29, 1.82) is 0 Å². The first-order valence-electron chi connectivity index (χ1n) is 11.2. The highest BCUT2D eigenvalue weighted by Gasteiger charge is 2.30. The van der Waals surface area contributed by atoms with E-state index in [1.165, 1.54) is 24.4 Å². The number of nitrogens with one attached hydrogen (secondary N) is 1. The number of carbonyl (C=O) groups is 1. The number of allylic oxidation sites excluding steroid dienone is 1. The molecule has 0 radical (unpaired) electrons. The van der Waals surface area contributed by atoms with Crippen molar-refractivity contribution in [3.63, 3.8) is 0 Å². The van der Waals surface area contributed by atoms with Crippen molar-refractivity contribution >= 4 is 57.3 Å². The Balaban J connectivity index is 1.80. The molecule has 2 N–H and O–H groups in total. The molecule has 2 aromatic heterocycles. The number of hydrogen-bond donors (Lipinski definition) is 2. The zero-order valence-corrected chi connectivity index (χ0v) is 20.2. The molecule has 0 amide bonds. The van der Waals surface area contributed by atoms with Crippen molar-refractivity contribution < 1.29 is 18.7 Å². The van der Waals surface area contributed by atoms with E-state index in [1.807, 2.05) is 6.07 Å². The minimum Gasteiger partial charge on any atom is -0.478 e. The minimum atomic E-state index is -1.18. The molecule has 36 heavy (non-hydrogen) atoms. The maximum absolute atomic E-state index is 15.1. The third-order valence-corrected chi connectivity index (χ3v) is 6.84. The van der Waals surface area contributed by atoms with Crippen LogP contribution in [-0.4, -0.2) is 26.3 Å². The molecule has 5 nitrogen and oxygen atoms in total. The predicted octanol–water partition coefficient (Wildman–Crippen LogP) is 7.40. The van der Waals surface area contributed by atoms with E-state index in [0.717, 1.165) is 30.9 Å². The fraction of sp³-hybridized carbons (Fsp3) is 0.148. The Bertz CT molecular complexity index is 1560. The largest absolute Gasteiger partial charge is 0.478 e. The number of halogens is 4. The lowest BCUT2D eigenvalue weighted by atomic mass is 9.74. The topological polar surface area (TPSA) is 78.9 Å². The quantitative estimate of drug-likeness (QED) is 0.257. The molecule has 1 aliphatic rings. The van der Waals surface area contributed by atoms with Crippen molar-refractivity contribution in [3.05, 3.63) is 98.9 Å². The van der Waals surface area contributed by atoms with Crippen LogP contribution in [0.15, 0.2) is 54.7 Å². The lowest BCUT2D eigenvalue weighted by molar-refractivity contribution is -0.131. The molecule has 0 spiro atoms. The van der Waals surface area contributed by atoms with Crippen molar-refractivity contribution in [2.75, 3.05) is 0 Å². The van der Waals surface area contributed by atoms with Crippen LogP contribution in [0.4, 0.5) is 8.78 Å². The Morgan fingerprint density at radius 3 is 2.50 bits per heavy atom. The Kier molecular flexibility index (Phi) is 6.60. The summed E-state index contributed by atoms with van der Waals surface area (Å²) in [7, 11) is 0. The zero-order chi connectivity index (χ0) is 25.4. The maximum atomic E-state index is 15.1. The highest BCUT2D eigenvalue weighted by molar-refractivity contribution is 6.35. The molecule has 0 aliphatic heterocycles. The van der Waals surface area contributed by atoms with E-state index >= 15 is 4.39 Å². The number of benzene rings is 2. The van der Waals surface area contributed by atoms with Gasteiger partial charge in [-0.1, -0.05) is 47.8 Å². The first-order valence-corrected chi connectivity index (χ1v) is 12.0. The lowest BCUT2D eigenvalue weighted by Crippen LogP contribution is -2.16. The maximum Gasteiger partial charge on any atom is 0.328 e. The highest BCUT2D eigenvalue weighted by Crippen LogP contribution is 2.46. The van der Waals surface area contributed by atoms with Crippen LogP contribution in [0, 0.1) is 17.7 Å². The van der Waals surface area contributed by atoms with Gasteiger partial charge in [-0.25, -0.2) is 9.18 Å². The normalized spacial score (nSPS) is 14.8. The summed E-state index contributed by atoms with van der Waals surface area (Å²) in [6, 6.07) is 11.4. The van der Waals surface area contributed by atoms with Crippen LogP contribution in [0.3, 0.4) is 0 Å². The SMILES string of the molecule is O=C(O)C=Cc1ccc(/C(=C(\c2ncc(Cl)cc2Cl)C2CCC2)c2ccc3[nH]nc(F)c3c2)cc1F. The number of aromatic nitrogens is 3. The van der Waals surface area contributed by atoms with Gasteiger partial charge in [-0.2, -0.15) is 4.39 Å². The van der Waals surface area contributed by atoms with Crippen molar-refractivity contribution in [1.82, 2.24) is 15.2 Å². The third kappa shape index (κ3) is 4.64. The summed E-state index contributed by atoms with van der Waals surface area (Å²) in [5.41, 5.74) is 3.84. The van der Waals surface area contributed by atoms with Gasteiger partial charge in [-0.3, -0.25) is 10.1 Å². The van der Waals surface area contributed by atoms with Gasteiger partial charge in [-0.15, -0.1) is 5.10 Å². The van der Waals surface area contributed by atoms with Crippen LogP contribution in [0.1, 0.15) is 41.6 Å². The zero-order valence-electron chi connectivity index (χ0n) is 18.7. The van der Waals surface area contributed by atoms with E-state index in [9.17, 15) is 9.18 Å². The summed E-state index contributed by atoms with van der Waals surface area (Å²) >= 11 is 12.7. The second-order valence-electron chi connectivity index (χ2n) is 8.58. The van der Waals surface area contributed by atoms with E-state index in [-0.39, 0.29) is 11.5 Å². The number of rotatable bonds is 6. The molecule has 0 unspecified atom stereocenters. The van der Waals surface area contributed by atoms with E-state index in [0.29, 0.717) is 43.3 Å². The molecule has 2 aromatic carbocycles. The van der Waals surface area contributed by atoms with Gasteiger partial charge < -0.3 is 5.11 Å². The van der Waals surface area contributed by atoms with Crippen LogP contribution in [0.25, 0.3) is 28.1 Å². The van der Waals surface area contributed by atoms with Gasteiger partial charge in [0.05, 0.1) is 26.6 Å². The monoisotopic (exact) mass is 525 g/mol. The molecule has 2 heterocycles. The Hall–Kier alpha value is -3.55. The molecular formula is C27H19Cl2F2N3O2. The Morgan fingerprint density at radius 2 is 1.83 bits per heavy atom. The van der Waals surface area contributed by atoms with Gasteiger partial charge in [0.15, 0.2) is 0 Å². The number of H-pyrrole nitrogens is 1. The number of hydrogen-bond acceptors (Lipinski definition) is 3. The van der Waals surface area contributed by atoms with Crippen molar-refractivity contribution in [2.24, 2.45) is 5.92 Å². The number of nitrogens with zero attached hydrogens (tertiary/aromatic N) is 2. The molecule has 1 saturated carbocycles. The van der Waals surface area contributed by atoms with E-state index < -0.39 is 17.7 Å². The summed E-state index contributed by atoms with van der Waals surface area (Å²) in [6.07, 6.45) is 6.39. The number of carboxylic acid groups (broad SMARTS) is 1. The van der Waals surface area contributed by atoms with Crippen LogP contribution >= 0.6 is 23.2 Å². The van der Waals surface area contributed by atoms with Gasteiger partial charge in [0.1, 0.15) is 5.82 Å². The van der Waals surface area contributed by atoms with Gasteiger partial charge in [0, 0.05) is 17.8 Å². The van der Waals surface area contributed by atoms with Crippen LogP contribution < -0.4 is 0 Å². The molecule has 5 rings (SSSR count).